The highest BCUT2D eigenvalue weighted by molar-refractivity contribution is 6.30. The van der Waals surface area contributed by atoms with Gasteiger partial charge in [0.2, 0.25) is 0 Å². The normalized spacial score (nSPS) is 11.0. The summed E-state index contributed by atoms with van der Waals surface area (Å²) in [6.07, 6.45) is 6.40. The van der Waals surface area contributed by atoms with Crippen molar-refractivity contribution in [3.63, 3.8) is 0 Å². The van der Waals surface area contributed by atoms with E-state index in [0.717, 1.165) is 39.5 Å². The molecule has 2 aromatic carbocycles. The third-order valence-corrected chi connectivity index (χ3v) is 4.61. The van der Waals surface area contributed by atoms with Crippen molar-refractivity contribution in [1.82, 2.24) is 14.5 Å². The van der Waals surface area contributed by atoms with E-state index in [1.54, 1.807) is 19.5 Å². The smallest absolute Gasteiger partial charge is 0.159 e. The first-order valence-electron chi connectivity index (χ1n) is 8.39. The fourth-order valence-corrected chi connectivity index (χ4v) is 3.24. The molecule has 0 fully saturated rings. The van der Waals surface area contributed by atoms with Crippen molar-refractivity contribution < 1.29 is 4.74 Å². The van der Waals surface area contributed by atoms with Crippen molar-refractivity contribution in [2.75, 3.05) is 7.11 Å². The van der Waals surface area contributed by atoms with Gasteiger partial charge in [0, 0.05) is 42.1 Å². The molecule has 0 saturated carbocycles. The molecule has 5 heteroatoms. The van der Waals surface area contributed by atoms with E-state index < -0.39 is 0 Å². The summed E-state index contributed by atoms with van der Waals surface area (Å²) in [5, 5.41) is 0.744. The third-order valence-electron chi connectivity index (χ3n) is 4.36. The lowest BCUT2D eigenvalue weighted by atomic mass is 10.1. The Morgan fingerprint density at radius 2 is 1.81 bits per heavy atom. The molecule has 4 nitrogen and oxygen atoms in total. The van der Waals surface area contributed by atoms with Crippen molar-refractivity contribution in [3.05, 3.63) is 88.8 Å². The van der Waals surface area contributed by atoms with Crippen LogP contribution in [-0.4, -0.2) is 21.6 Å². The molecule has 130 valence electrons. The second kappa shape index (κ2) is 7.18. The van der Waals surface area contributed by atoms with E-state index in [1.807, 2.05) is 42.5 Å². The predicted molar refractivity (Wildman–Crippen MR) is 104 cm³/mol. The van der Waals surface area contributed by atoms with Gasteiger partial charge in [-0.1, -0.05) is 35.9 Å². The molecule has 0 aliphatic carbocycles. The molecule has 0 bridgehead atoms. The van der Waals surface area contributed by atoms with Gasteiger partial charge in [0.05, 0.1) is 7.11 Å². The van der Waals surface area contributed by atoms with E-state index in [-0.39, 0.29) is 0 Å². The van der Waals surface area contributed by atoms with Crippen LogP contribution in [0.25, 0.3) is 11.2 Å². The first-order chi connectivity index (χ1) is 12.7. The second-order valence-electron chi connectivity index (χ2n) is 6.17. The fourth-order valence-electron chi connectivity index (χ4n) is 3.12. The van der Waals surface area contributed by atoms with Crippen molar-refractivity contribution in [3.8, 4) is 5.75 Å². The quantitative estimate of drug-likeness (QED) is 0.514. The SMILES string of the molecule is COc1cccc(Cn2cc(Cc3ccc(Cl)cc3)c3nccnc32)c1. The molecule has 0 N–H and O–H groups in total. The summed E-state index contributed by atoms with van der Waals surface area (Å²) in [7, 11) is 1.68. The molecule has 4 aromatic rings. The number of benzene rings is 2. The molecular weight excluding hydrogens is 346 g/mol. The maximum Gasteiger partial charge on any atom is 0.159 e. The summed E-state index contributed by atoms with van der Waals surface area (Å²) in [6.45, 7) is 0.715. The van der Waals surface area contributed by atoms with Gasteiger partial charge in [0.25, 0.3) is 0 Å². The Hall–Kier alpha value is -2.85. The number of rotatable bonds is 5. The Morgan fingerprint density at radius 3 is 2.62 bits per heavy atom. The highest BCUT2D eigenvalue weighted by Crippen LogP contribution is 2.23. The van der Waals surface area contributed by atoms with Crippen LogP contribution in [0.5, 0.6) is 5.75 Å². The molecular formula is C21H18ClN3O. The van der Waals surface area contributed by atoms with E-state index in [9.17, 15) is 0 Å². The van der Waals surface area contributed by atoms with Crippen LogP contribution >= 0.6 is 11.6 Å². The lowest BCUT2D eigenvalue weighted by molar-refractivity contribution is 0.414. The minimum absolute atomic E-state index is 0.715. The zero-order chi connectivity index (χ0) is 17.9. The monoisotopic (exact) mass is 363 g/mol. The van der Waals surface area contributed by atoms with Crippen molar-refractivity contribution in [2.45, 2.75) is 13.0 Å². The van der Waals surface area contributed by atoms with E-state index >= 15 is 0 Å². The van der Waals surface area contributed by atoms with Gasteiger partial charge in [-0.25, -0.2) is 4.98 Å². The zero-order valence-electron chi connectivity index (χ0n) is 14.4. The molecule has 0 amide bonds. The average Bonchev–Trinajstić information content (AvgIpc) is 3.01. The van der Waals surface area contributed by atoms with Gasteiger partial charge in [-0.05, 0) is 35.4 Å². The van der Waals surface area contributed by atoms with Crippen molar-refractivity contribution in [2.24, 2.45) is 0 Å². The lowest BCUT2D eigenvalue weighted by Crippen LogP contribution is -1.99. The lowest BCUT2D eigenvalue weighted by Gasteiger charge is -2.06. The zero-order valence-corrected chi connectivity index (χ0v) is 15.1. The second-order valence-corrected chi connectivity index (χ2v) is 6.60. The van der Waals surface area contributed by atoms with Crippen LogP contribution < -0.4 is 4.74 Å². The van der Waals surface area contributed by atoms with Gasteiger partial charge in [-0.15, -0.1) is 0 Å². The van der Waals surface area contributed by atoms with Crippen molar-refractivity contribution >= 4 is 22.8 Å². The molecule has 0 saturated heterocycles. The number of ether oxygens (including phenoxy) is 1. The topological polar surface area (TPSA) is 39.9 Å². The van der Waals surface area contributed by atoms with Crippen LogP contribution in [-0.2, 0) is 13.0 Å². The summed E-state index contributed by atoms with van der Waals surface area (Å²) >= 11 is 5.99. The molecule has 0 unspecified atom stereocenters. The summed E-state index contributed by atoms with van der Waals surface area (Å²) in [6, 6.07) is 16.0. The van der Waals surface area contributed by atoms with Gasteiger partial charge >= 0.3 is 0 Å². The molecule has 0 aliphatic heterocycles. The summed E-state index contributed by atoms with van der Waals surface area (Å²) < 4.78 is 7.47. The molecule has 26 heavy (non-hydrogen) atoms. The fraction of sp³-hybridized carbons (Fsp3) is 0.143. The molecule has 2 aromatic heterocycles. The van der Waals surface area contributed by atoms with Gasteiger partial charge < -0.3 is 9.30 Å². The molecule has 4 rings (SSSR count). The largest absolute Gasteiger partial charge is 0.497 e. The standard InChI is InChI=1S/C21H18ClN3O/c1-26-19-4-2-3-16(12-19)13-25-14-17(20-21(25)24-10-9-23-20)11-15-5-7-18(22)8-6-15/h2-10,12,14H,11,13H2,1H3. The molecule has 0 spiro atoms. The van der Waals surface area contributed by atoms with Crippen LogP contribution in [0.2, 0.25) is 5.02 Å². The number of methoxy groups -OCH3 is 1. The van der Waals surface area contributed by atoms with Crippen molar-refractivity contribution in [1.29, 1.82) is 0 Å². The highest BCUT2D eigenvalue weighted by Gasteiger charge is 2.12. The molecule has 0 aliphatic rings. The molecule has 0 radical (unpaired) electrons. The number of hydrogen-bond acceptors (Lipinski definition) is 3. The number of nitrogens with zero attached hydrogens (tertiary/aromatic N) is 3. The number of halogens is 1. The Kier molecular flexibility index (Phi) is 4.59. The van der Waals surface area contributed by atoms with Gasteiger partial charge in [0.1, 0.15) is 11.3 Å². The van der Waals surface area contributed by atoms with Crippen LogP contribution in [0.1, 0.15) is 16.7 Å². The third kappa shape index (κ3) is 3.41. The Bertz CT molecular complexity index is 1040. The average molecular weight is 364 g/mol. The number of hydrogen-bond donors (Lipinski definition) is 0. The number of aromatic nitrogens is 3. The predicted octanol–water partition coefficient (Wildman–Crippen LogP) is 4.73. The highest BCUT2D eigenvalue weighted by atomic mass is 35.5. The van der Waals surface area contributed by atoms with E-state index in [0.29, 0.717) is 6.54 Å². The van der Waals surface area contributed by atoms with E-state index in [4.69, 9.17) is 16.3 Å². The minimum atomic E-state index is 0.715. The maximum atomic E-state index is 5.99. The van der Waals surface area contributed by atoms with Gasteiger partial charge in [-0.2, -0.15) is 0 Å². The first-order valence-corrected chi connectivity index (χ1v) is 8.77. The first kappa shape index (κ1) is 16.6. The molecule has 0 atom stereocenters. The van der Waals surface area contributed by atoms with E-state index in [2.05, 4.69) is 26.8 Å². The Labute approximate surface area is 157 Å². The van der Waals surface area contributed by atoms with Crippen LogP contribution in [0.3, 0.4) is 0 Å². The minimum Gasteiger partial charge on any atom is -0.497 e. The maximum absolute atomic E-state index is 5.99. The summed E-state index contributed by atoms with van der Waals surface area (Å²) in [5.74, 6) is 0.853. The van der Waals surface area contributed by atoms with Crippen LogP contribution in [0.15, 0.2) is 67.1 Å². The Balaban J connectivity index is 1.70. The van der Waals surface area contributed by atoms with Gasteiger partial charge in [-0.3, -0.25) is 4.98 Å². The summed E-state index contributed by atoms with van der Waals surface area (Å²) in [5.41, 5.74) is 5.33. The summed E-state index contributed by atoms with van der Waals surface area (Å²) in [4.78, 5) is 9.10. The van der Waals surface area contributed by atoms with E-state index in [1.165, 1.54) is 5.56 Å². The Morgan fingerprint density at radius 1 is 1.00 bits per heavy atom. The van der Waals surface area contributed by atoms with Crippen LogP contribution in [0.4, 0.5) is 0 Å². The van der Waals surface area contributed by atoms with Gasteiger partial charge in [0.15, 0.2) is 5.65 Å². The number of fused-ring (bicyclic) bond motifs is 1. The van der Waals surface area contributed by atoms with Crippen LogP contribution in [0, 0.1) is 0 Å². The molecule has 2 heterocycles.